The molecule has 2 aromatic carbocycles. The van der Waals surface area contributed by atoms with Gasteiger partial charge in [-0.05, 0) is 24.3 Å². The maximum absolute atomic E-state index is 12.1. The summed E-state index contributed by atoms with van der Waals surface area (Å²) < 4.78 is 4.96. The number of nitrogens with zero attached hydrogens (tertiary/aromatic N) is 2. The number of benzene rings is 2. The maximum atomic E-state index is 12.1. The van der Waals surface area contributed by atoms with Gasteiger partial charge in [0.1, 0.15) is 0 Å². The van der Waals surface area contributed by atoms with E-state index in [0.29, 0.717) is 21.2 Å². The van der Waals surface area contributed by atoms with E-state index in [1.54, 1.807) is 48.5 Å². The van der Waals surface area contributed by atoms with Crippen LogP contribution in [0.2, 0.25) is 10.0 Å². The van der Waals surface area contributed by atoms with Crippen molar-refractivity contribution >= 4 is 35.0 Å². The number of carbonyl (C=O) groups is 2. The van der Waals surface area contributed by atoms with E-state index in [-0.39, 0.29) is 30.7 Å². The summed E-state index contributed by atoms with van der Waals surface area (Å²) in [6.45, 7) is 0.398. The Morgan fingerprint density at radius 2 is 1.70 bits per heavy atom. The van der Waals surface area contributed by atoms with Crippen molar-refractivity contribution in [3.8, 4) is 11.4 Å². The molecule has 0 aliphatic heterocycles. The summed E-state index contributed by atoms with van der Waals surface area (Å²) in [5.74, 6) is -0.782. The van der Waals surface area contributed by atoms with E-state index in [9.17, 15) is 9.59 Å². The zero-order chi connectivity index (χ0) is 19.2. The molecule has 0 radical (unpaired) electrons. The molecule has 0 saturated carbocycles. The van der Waals surface area contributed by atoms with Crippen molar-refractivity contribution in [3.63, 3.8) is 0 Å². The smallest absolute Gasteiger partial charge is 0.316 e. The average molecular weight is 405 g/mol. The fourth-order valence-corrected chi connectivity index (χ4v) is 2.64. The summed E-state index contributed by atoms with van der Waals surface area (Å²) in [6.07, 6.45) is 0. The SMILES string of the molecule is O=C(NCCNC(=O)c1ccccc1Cl)c1nc(-c2cccc(Cl)c2)no1. The fraction of sp³-hybridized carbons (Fsp3) is 0.111. The van der Waals surface area contributed by atoms with Gasteiger partial charge < -0.3 is 15.2 Å². The third-order valence-electron chi connectivity index (χ3n) is 3.52. The van der Waals surface area contributed by atoms with Crippen molar-refractivity contribution in [3.05, 3.63) is 70.0 Å². The predicted molar refractivity (Wildman–Crippen MR) is 101 cm³/mol. The van der Waals surface area contributed by atoms with Crippen molar-refractivity contribution in [2.45, 2.75) is 0 Å². The van der Waals surface area contributed by atoms with Crippen LogP contribution < -0.4 is 10.6 Å². The molecular formula is C18H14Cl2N4O3. The second-order valence-corrected chi connectivity index (χ2v) is 6.27. The minimum absolute atomic E-state index is 0.178. The summed E-state index contributed by atoms with van der Waals surface area (Å²) >= 11 is 11.9. The Morgan fingerprint density at radius 1 is 0.963 bits per heavy atom. The highest BCUT2D eigenvalue weighted by molar-refractivity contribution is 6.33. The van der Waals surface area contributed by atoms with Crippen molar-refractivity contribution in [2.24, 2.45) is 0 Å². The lowest BCUT2D eigenvalue weighted by Crippen LogP contribution is -2.34. The van der Waals surface area contributed by atoms with Gasteiger partial charge in [-0.1, -0.05) is 52.6 Å². The molecule has 27 heavy (non-hydrogen) atoms. The molecule has 0 bridgehead atoms. The third-order valence-corrected chi connectivity index (χ3v) is 4.08. The Balaban J connectivity index is 1.50. The van der Waals surface area contributed by atoms with Gasteiger partial charge >= 0.3 is 11.8 Å². The largest absolute Gasteiger partial charge is 0.350 e. The molecule has 138 valence electrons. The van der Waals surface area contributed by atoms with Crippen LogP contribution in [0.3, 0.4) is 0 Å². The van der Waals surface area contributed by atoms with Crippen LogP contribution in [0.4, 0.5) is 0 Å². The average Bonchev–Trinajstić information content (AvgIpc) is 3.15. The Hall–Kier alpha value is -2.90. The van der Waals surface area contributed by atoms with Crippen molar-refractivity contribution in [2.75, 3.05) is 13.1 Å². The molecular weight excluding hydrogens is 391 g/mol. The highest BCUT2D eigenvalue weighted by Gasteiger charge is 2.16. The van der Waals surface area contributed by atoms with Gasteiger partial charge in [-0.15, -0.1) is 0 Å². The van der Waals surface area contributed by atoms with Gasteiger partial charge in [0.2, 0.25) is 5.82 Å². The first-order chi connectivity index (χ1) is 13.0. The molecule has 2 amide bonds. The van der Waals surface area contributed by atoms with Gasteiger partial charge in [0.05, 0.1) is 10.6 Å². The number of amides is 2. The highest BCUT2D eigenvalue weighted by Crippen LogP contribution is 2.19. The fourth-order valence-electron chi connectivity index (χ4n) is 2.23. The van der Waals surface area contributed by atoms with Gasteiger partial charge in [-0.25, -0.2) is 0 Å². The molecule has 1 aromatic heterocycles. The summed E-state index contributed by atoms with van der Waals surface area (Å²) in [5, 5.41) is 9.90. The molecule has 3 aromatic rings. The first-order valence-electron chi connectivity index (χ1n) is 7.95. The lowest BCUT2D eigenvalue weighted by atomic mass is 10.2. The number of hydrogen-bond acceptors (Lipinski definition) is 5. The van der Waals surface area contributed by atoms with Gasteiger partial charge in [0.25, 0.3) is 5.91 Å². The zero-order valence-electron chi connectivity index (χ0n) is 13.9. The first kappa shape index (κ1) is 18.9. The van der Waals surface area contributed by atoms with E-state index < -0.39 is 5.91 Å². The number of rotatable bonds is 6. The van der Waals surface area contributed by atoms with Crippen molar-refractivity contribution < 1.29 is 14.1 Å². The molecule has 0 unspecified atom stereocenters. The van der Waals surface area contributed by atoms with Crippen LogP contribution in [-0.4, -0.2) is 35.0 Å². The molecule has 0 saturated heterocycles. The minimum atomic E-state index is -0.539. The quantitative estimate of drug-likeness (QED) is 0.614. The summed E-state index contributed by atoms with van der Waals surface area (Å²) in [6, 6.07) is 13.6. The molecule has 0 aliphatic carbocycles. The van der Waals surface area contributed by atoms with E-state index in [1.165, 1.54) is 0 Å². The van der Waals surface area contributed by atoms with Gasteiger partial charge in [0, 0.05) is 23.7 Å². The predicted octanol–water partition coefficient (Wildman–Crippen LogP) is 3.20. The summed E-state index contributed by atoms with van der Waals surface area (Å²) in [7, 11) is 0. The topological polar surface area (TPSA) is 97.1 Å². The molecule has 9 heteroatoms. The Morgan fingerprint density at radius 3 is 2.44 bits per heavy atom. The highest BCUT2D eigenvalue weighted by atomic mass is 35.5. The second kappa shape index (κ2) is 8.66. The van der Waals surface area contributed by atoms with Crippen LogP contribution in [0.5, 0.6) is 0 Å². The first-order valence-corrected chi connectivity index (χ1v) is 8.71. The Bertz CT molecular complexity index is 975. The van der Waals surface area contributed by atoms with E-state index in [1.807, 2.05) is 0 Å². The van der Waals surface area contributed by atoms with Crippen LogP contribution in [0.1, 0.15) is 21.0 Å². The Kier molecular flexibility index (Phi) is 6.05. The van der Waals surface area contributed by atoms with E-state index in [4.69, 9.17) is 27.7 Å². The van der Waals surface area contributed by atoms with Gasteiger partial charge in [-0.3, -0.25) is 9.59 Å². The maximum Gasteiger partial charge on any atom is 0.316 e. The normalized spacial score (nSPS) is 10.4. The number of nitrogens with one attached hydrogen (secondary N) is 2. The second-order valence-electron chi connectivity index (χ2n) is 5.43. The Labute approximate surface area is 164 Å². The van der Waals surface area contributed by atoms with Crippen LogP contribution in [0.25, 0.3) is 11.4 Å². The summed E-state index contributed by atoms with van der Waals surface area (Å²) in [5.41, 5.74) is 1.01. The molecule has 7 nitrogen and oxygen atoms in total. The molecule has 0 aliphatic rings. The zero-order valence-corrected chi connectivity index (χ0v) is 15.4. The van der Waals surface area contributed by atoms with Crippen LogP contribution in [-0.2, 0) is 0 Å². The lowest BCUT2D eigenvalue weighted by molar-refractivity contribution is 0.0898. The monoisotopic (exact) mass is 404 g/mol. The van der Waals surface area contributed by atoms with Gasteiger partial charge in [-0.2, -0.15) is 4.98 Å². The van der Waals surface area contributed by atoms with E-state index >= 15 is 0 Å². The molecule has 2 N–H and O–H groups in total. The standard InChI is InChI=1S/C18H14Cl2N4O3/c19-12-5-3-4-11(10-12)15-23-18(27-24-15)17(26)22-9-8-21-16(25)13-6-1-2-7-14(13)20/h1-7,10H,8-9H2,(H,21,25)(H,22,26). The third kappa shape index (κ3) is 4.84. The minimum Gasteiger partial charge on any atom is -0.350 e. The number of halogens is 2. The van der Waals surface area contributed by atoms with Crippen LogP contribution in [0.15, 0.2) is 53.1 Å². The van der Waals surface area contributed by atoms with Crippen LogP contribution in [0, 0.1) is 0 Å². The summed E-state index contributed by atoms with van der Waals surface area (Å²) in [4.78, 5) is 28.1. The molecule has 0 fully saturated rings. The van der Waals surface area contributed by atoms with Crippen LogP contribution >= 0.6 is 23.2 Å². The number of carbonyl (C=O) groups excluding carboxylic acids is 2. The van der Waals surface area contributed by atoms with Gasteiger partial charge in [0.15, 0.2) is 0 Å². The molecule has 0 spiro atoms. The van der Waals surface area contributed by atoms with E-state index in [2.05, 4.69) is 20.8 Å². The molecule has 1 heterocycles. The van der Waals surface area contributed by atoms with E-state index in [0.717, 1.165) is 0 Å². The van der Waals surface area contributed by atoms with Crippen molar-refractivity contribution in [1.29, 1.82) is 0 Å². The van der Waals surface area contributed by atoms with Crippen molar-refractivity contribution in [1.82, 2.24) is 20.8 Å². The molecule has 3 rings (SSSR count). The number of aromatic nitrogens is 2. The molecule has 0 atom stereocenters. The lowest BCUT2D eigenvalue weighted by Gasteiger charge is -2.06. The number of hydrogen-bond donors (Lipinski definition) is 2.